The van der Waals surface area contributed by atoms with Crippen LogP contribution in [0.25, 0.3) is 10.8 Å². The zero-order valence-corrected chi connectivity index (χ0v) is 12.1. The second-order valence-corrected chi connectivity index (χ2v) is 6.87. The van der Waals surface area contributed by atoms with E-state index in [1.807, 2.05) is 13.8 Å². The zero-order chi connectivity index (χ0) is 13.0. The SMILES string of the molecule is CCO[P+](C)(OCC)c1cccc2ccccc12. The van der Waals surface area contributed by atoms with Crippen LogP contribution in [0.1, 0.15) is 13.8 Å². The van der Waals surface area contributed by atoms with Crippen LogP contribution in [-0.2, 0) is 9.05 Å². The standard InChI is InChI=1S/C15H20O2P/c1-4-16-18(3,17-5-2)15-12-8-10-13-9-6-7-11-14(13)15/h6-12H,4-5H2,1-3H3/q+1. The molecular formula is C15H20O2P+. The molecule has 2 aromatic carbocycles. The smallest absolute Gasteiger partial charge is 0.202 e. The highest BCUT2D eigenvalue weighted by Gasteiger charge is 2.39. The predicted molar refractivity (Wildman–Crippen MR) is 79.7 cm³/mol. The molecule has 0 saturated heterocycles. The minimum absolute atomic E-state index is 0.674. The number of rotatable bonds is 5. The average molecular weight is 263 g/mol. The molecule has 0 saturated carbocycles. The molecule has 96 valence electrons. The lowest BCUT2D eigenvalue weighted by atomic mass is 10.1. The van der Waals surface area contributed by atoms with Crippen molar-refractivity contribution < 1.29 is 9.05 Å². The molecule has 2 aromatic rings. The maximum absolute atomic E-state index is 5.95. The van der Waals surface area contributed by atoms with Crippen molar-refractivity contribution >= 4 is 23.8 Å². The van der Waals surface area contributed by atoms with Crippen molar-refractivity contribution in [1.29, 1.82) is 0 Å². The second-order valence-electron chi connectivity index (χ2n) is 4.18. The summed E-state index contributed by atoms with van der Waals surface area (Å²) in [7, 11) is -1.97. The lowest BCUT2D eigenvalue weighted by molar-refractivity contribution is 0.262. The molecule has 0 N–H and O–H groups in total. The fourth-order valence-electron chi connectivity index (χ4n) is 2.23. The molecule has 0 amide bonds. The fraction of sp³-hybridized carbons (Fsp3) is 0.333. The van der Waals surface area contributed by atoms with Gasteiger partial charge in [0.25, 0.3) is 0 Å². The van der Waals surface area contributed by atoms with Crippen molar-refractivity contribution in [2.24, 2.45) is 0 Å². The molecule has 0 heterocycles. The quantitative estimate of drug-likeness (QED) is 0.759. The van der Waals surface area contributed by atoms with Crippen LogP contribution < -0.4 is 5.30 Å². The molecule has 0 unspecified atom stereocenters. The van der Waals surface area contributed by atoms with Crippen molar-refractivity contribution in [2.75, 3.05) is 19.9 Å². The molecule has 0 atom stereocenters. The summed E-state index contributed by atoms with van der Waals surface area (Å²) < 4.78 is 11.9. The Kier molecular flexibility index (Phi) is 4.34. The Labute approximate surface area is 109 Å². The average Bonchev–Trinajstić information content (AvgIpc) is 2.38. The maximum Gasteiger partial charge on any atom is 0.304 e. The first-order chi connectivity index (χ1) is 8.71. The summed E-state index contributed by atoms with van der Waals surface area (Å²) in [5.41, 5.74) is 0. The lowest BCUT2D eigenvalue weighted by Gasteiger charge is -2.20. The van der Waals surface area contributed by atoms with Gasteiger partial charge in [0.15, 0.2) is 5.30 Å². The van der Waals surface area contributed by atoms with Gasteiger partial charge >= 0.3 is 7.72 Å². The van der Waals surface area contributed by atoms with Gasteiger partial charge in [-0.05, 0) is 25.3 Å². The number of benzene rings is 2. The molecule has 0 bridgehead atoms. The normalized spacial score (nSPS) is 11.9. The predicted octanol–water partition coefficient (Wildman–Crippen LogP) is 4.02. The van der Waals surface area contributed by atoms with Gasteiger partial charge in [-0.15, -0.1) is 0 Å². The van der Waals surface area contributed by atoms with Crippen LogP contribution in [0, 0.1) is 0 Å². The summed E-state index contributed by atoms with van der Waals surface area (Å²) >= 11 is 0. The third kappa shape index (κ3) is 2.56. The minimum atomic E-state index is -1.97. The zero-order valence-electron chi connectivity index (χ0n) is 11.2. The number of fused-ring (bicyclic) bond motifs is 1. The van der Waals surface area contributed by atoms with Gasteiger partial charge in [-0.1, -0.05) is 36.4 Å². The van der Waals surface area contributed by atoms with E-state index in [9.17, 15) is 0 Å². The Morgan fingerprint density at radius 1 is 0.889 bits per heavy atom. The van der Waals surface area contributed by atoms with Crippen molar-refractivity contribution in [2.45, 2.75) is 13.8 Å². The van der Waals surface area contributed by atoms with Gasteiger partial charge in [-0.3, -0.25) is 0 Å². The molecule has 0 radical (unpaired) electrons. The summed E-state index contributed by atoms with van der Waals surface area (Å²) in [5, 5.41) is 3.67. The maximum atomic E-state index is 5.95. The van der Waals surface area contributed by atoms with Gasteiger partial charge in [-0.25, -0.2) is 9.05 Å². The van der Waals surface area contributed by atoms with E-state index in [0.29, 0.717) is 13.2 Å². The largest absolute Gasteiger partial charge is 0.304 e. The Balaban J connectivity index is 2.56. The molecule has 0 fully saturated rings. The van der Waals surface area contributed by atoms with E-state index in [2.05, 4.69) is 49.1 Å². The Hall–Kier alpha value is -0.950. The van der Waals surface area contributed by atoms with Crippen LogP contribution in [-0.4, -0.2) is 19.9 Å². The molecule has 3 heteroatoms. The van der Waals surface area contributed by atoms with Crippen LogP contribution in [0.15, 0.2) is 42.5 Å². The third-order valence-corrected chi connectivity index (χ3v) is 5.72. The van der Waals surface area contributed by atoms with Crippen LogP contribution in [0.4, 0.5) is 0 Å². The number of hydrogen-bond donors (Lipinski definition) is 0. The van der Waals surface area contributed by atoms with E-state index in [-0.39, 0.29) is 0 Å². The summed E-state index contributed by atoms with van der Waals surface area (Å²) in [6.07, 6.45) is 0. The van der Waals surface area contributed by atoms with Crippen molar-refractivity contribution in [3.8, 4) is 0 Å². The van der Waals surface area contributed by atoms with Gasteiger partial charge in [0.2, 0.25) is 0 Å². The molecule has 18 heavy (non-hydrogen) atoms. The van der Waals surface area contributed by atoms with Gasteiger partial charge < -0.3 is 0 Å². The van der Waals surface area contributed by atoms with Crippen molar-refractivity contribution in [1.82, 2.24) is 0 Å². The van der Waals surface area contributed by atoms with E-state index >= 15 is 0 Å². The molecule has 2 rings (SSSR count). The van der Waals surface area contributed by atoms with Gasteiger partial charge in [0, 0.05) is 5.39 Å². The first kappa shape index (κ1) is 13.5. The Bertz CT molecular complexity index is 513. The molecule has 0 spiro atoms. The molecular weight excluding hydrogens is 243 g/mol. The lowest BCUT2D eigenvalue weighted by Crippen LogP contribution is -2.16. The Morgan fingerprint density at radius 2 is 1.50 bits per heavy atom. The van der Waals surface area contributed by atoms with E-state index < -0.39 is 7.72 Å². The van der Waals surface area contributed by atoms with Crippen LogP contribution in [0.2, 0.25) is 0 Å². The molecule has 0 aromatic heterocycles. The molecule has 0 aliphatic rings. The van der Waals surface area contributed by atoms with Crippen LogP contribution in [0.3, 0.4) is 0 Å². The third-order valence-electron chi connectivity index (χ3n) is 2.96. The highest BCUT2D eigenvalue weighted by molar-refractivity contribution is 7.73. The first-order valence-electron chi connectivity index (χ1n) is 6.35. The monoisotopic (exact) mass is 263 g/mol. The summed E-state index contributed by atoms with van der Waals surface area (Å²) in [4.78, 5) is 0. The summed E-state index contributed by atoms with van der Waals surface area (Å²) in [6, 6.07) is 14.7. The van der Waals surface area contributed by atoms with Crippen LogP contribution >= 0.6 is 7.72 Å². The highest BCUT2D eigenvalue weighted by atomic mass is 31.2. The second kappa shape index (κ2) is 5.79. The summed E-state index contributed by atoms with van der Waals surface area (Å²) in [5.74, 6) is 0. The van der Waals surface area contributed by atoms with E-state index in [0.717, 1.165) is 0 Å². The molecule has 0 aliphatic heterocycles. The van der Waals surface area contributed by atoms with E-state index in [1.165, 1.54) is 16.1 Å². The number of hydrogen-bond acceptors (Lipinski definition) is 2. The van der Waals surface area contributed by atoms with Gasteiger partial charge in [0.1, 0.15) is 6.66 Å². The van der Waals surface area contributed by atoms with Crippen molar-refractivity contribution in [3.05, 3.63) is 42.5 Å². The summed E-state index contributed by atoms with van der Waals surface area (Å²) in [6.45, 7) is 7.48. The van der Waals surface area contributed by atoms with Crippen LogP contribution in [0.5, 0.6) is 0 Å². The fourth-order valence-corrected chi connectivity index (χ4v) is 4.57. The van der Waals surface area contributed by atoms with E-state index in [4.69, 9.17) is 9.05 Å². The van der Waals surface area contributed by atoms with Gasteiger partial charge in [-0.2, -0.15) is 0 Å². The Morgan fingerprint density at radius 3 is 2.17 bits per heavy atom. The minimum Gasteiger partial charge on any atom is -0.202 e. The van der Waals surface area contributed by atoms with E-state index in [1.54, 1.807) is 0 Å². The highest BCUT2D eigenvalue weighted by Crippen LogP contribution is 2.57. The first-order valence-corrected chi connectivity index (χ1v) is 8.42. The van der Waals surface area contributed by atoms with Gasteiger partial charge in [0.05, 0.1) is 13.2 Å². The topological polar surface area (TPSA) is 18.5 Å². The molecule has 2 nitrogen and oxygen atoms in total. The molecule has 0 aliphatic carbocycles. The van der Waals surface area contributed by atoms with Crippen molar-refractivity contribution in [3.63, 3.8) is 0 Å².